The van der Waals surface area contributed by atoms with Crippen molar-refractivity contribution < 1.29 is 14.5 Å². The normalized spacial score (nSPS) is 12.0. The number of hydrogen-bond donors (Lipinski definition) is 1. The highest BCUT2D eigenvalue weighted by Crippen LogP contribution is 2.39. The molecule has 0 spiro atoms. The smallest absolute Gasteiger partial charge is 0.311 e. The average molecular weight is 412 g/mol. The molecule has 0 aliphatic heterocycles. The van der Waals surface area contributed by atoms with Crippen LogP contribution in [0.2, 0.25) is 0 Å². The molecule has 8 nitrogen and oxygen atoms in total. The molecule has 0 unspecified atom stereocenters. The minimum absolute atomic E-state index is 0.0432. The minimum Gasteiger partial charge on any atom is -0.477 e. The van der Waals surface area contributed by atoms with Crippen LogP contribution in [0.3, 0.4) is 0 Å². The van der Waals surface area contributed by atoms with Crippen molar-refractivity contribution in [2.75, 3.05) is 6.61 Å². The fourth-order valence-corrected chi connectivity index (χ4v) is 3.44. The Hall–Kier alpha value is -3.29. The zero-order valence-electron chi connectivity index (χ0n) is 18.0. The maximum Gasteiger partial charge on any atom is 0.311 e. The summed E-state index contributed by atoms with van der Waals surface area (Å²) in [6, 6.07) is 8.42. The summed E-state index contributed by atoms with van der Waals surface area (Å²) in [7, 11) is 0. The quantitative estimate of drug-likeness (QED) is 0.397. The molecule has 1 aromatic heterocycles. The summed E-state index contributed by atoms with van der Waals surface area (Å²) >= 11 is 0. The van der Waals surface area contributed by atoms with Crippen LogP contribution in [-0.2, 0) is 10.2 Å². The van der Waals surface area contributed by atoms with Gasteiger partial charge in [-0.2, -0.15) is 5.10 Å². The number of nitrogens with zero attached hydrogens (tertiary/aromatic N) is 3. The molecule has 2 aromatic rings. The first-order valence-corrected chi connectivity index (χ1v) is 9.62. The van der Waals surface area contributed by atoms with Gasteiger partial charge in [0.1, 0.15) is 0 Å². The number of ether oxygens (including phenoxy) is 1. The van der Waals surface area contributed by atoms with Crippen LogP contribution in [0.25, 0.3) is 0 Å². The molecule has 0 atom stereocenters. The van der Waals surface area contributed by atoms with Crippen LogP contribution in [0.4, 0.5) is 5.69 Å². The van der Waals surface area contributed by atoms with Crippen molar-refractivity contribution in [3.63, 3.8) is 0 Å². The van der Waals surface area contributed by atoms with Gasteiger partial charge in [-0.05, 0) is 34.9 Å². The second-order valence-corrected chi connectivity index (χ2v) is 8.93. The van der Waals surface area contributed by atoms with Crippen LogP contribution < -0.4 is 10.2 Å². The molecule has 8 heteroatoms. The molecule has 1 amide bonds. The predicted molar refractivity (Wildman–Crippen MR) is 116 cm³/mol. The number of benzene rings is 1. The molecule has 0 bridgehead atoms. The van der Waals surface area contributed by atoms with Gasteiger partial charge in [0.15, 0.2) is 12.4 Å². The van der Waals surface area contributed by atoms with Gasteiger partial charge in [0.25, 0.3) is 5.91 Å². The molecule has 30 heavy (non-hydrogen) atoms. The second-order valence-electron chi connectivity index (χ2n) is 8.93. The maximum atomic E-state index is 11.9. The molecular weight excluding hydrogens is 384 g/mol. The first-order chi connectivity index (χ1) is 14.0. The summed E-state index contributed by atoms with van der Waals surface area (Å²) in [6.07, 6.45) is 5.53. The van der Waals surface area contributed by atoms with Crippen molar-refractivity contribution in [2.24, 2.45) is 10.5 Å². The van der Waals surface area contributed by atoms with Gasteiger partial charge in [0.2, 0.25) is 0 Å². The number of carbonyl (C=O) groups is 1. The Bertz CT molecular complexity index is 918. The molecule has 0 saturated carbocycles. The van der Waals surface area contributed by atoms with Gasteiger partial charge in [-0.15, -0.1) is 0 Å². The van der Waals surface area contributed by atoms with Crippen molar-refractivity contribution in [1.82, 2.24) is 10.4 Å². The third-order valence-electron chi connectivity index (χ3n) is 4.36. The molecule has 0 fully saturated rings. The number of rotatable bonds is 8. The molecule has 0 radical (unpaired) electrons. The highest BCUT2D eigenvalue weighted by Gasteiger charge is 2.29. The molecular formula is C22H28N4O4. The van der Waals surface area contributed by atoms with E-state index in [0.717, 1.165) is 17.5 Å². The van der Waals surface area contributed by atoms with Crippen molar-refractivity contribution in [3.05, 3.63) is 64.0 Å². The van der Waals surface area contributed by atoms with E-state index in [2.05, 4.69) is 50.1 Å². The Kier molecular flexibility index (Phi) is 7.26. The molecule has 1 N–H and O–H groups in total. The topological polar surface area (TPSA) is 107 Å². The van der Waals surface area contributed by atoms with Crippen molar-refractivity contribution in [3.8, 4) is 5.75 Å². The van der Waals surface area contributed by atoms with E-state index in [1.54, 1.807) is 30.6 Å². The van der Waals surface area contributed by atoms with Gasteiger partial charge >= 0.3 is 5.69 Å². The number of pyridine rings is 1. The van der Waals surface area contributed by atoms with Gasteiger partial charge in [0, 0.05) is 24.0 Å². The summed E-state index contributed by atoms with van der Waals surface area (Å²) in [5.41, 5.74) is 3.55. The second kappa shape index (κ2) is 9.47. The summed E-state index contributed by atoms with van der Waals surface area (Å²) in [5, 5.41) is 15.4. The lowest BCUT2D eigenvalue weighted by molar-refractivity contribution is -0.385. The molecule has 1 aromatic carbocycles. The zero-order valence-corrected chi connectivity index (χ0v) is 18.0. The van der Waals surface area contributed by atoms with Crippen LogP contribution in [0, 0.1) is 15.5 Å². The molecule has 160 valence electrons. The number of amides is 1. The summed E-state index contributed by atoms with van der Waals surface area (Å²) < 4.78 is 5.39. The van der Waals surface area contributed by atoms with Crippen LogP contribution in [0.1, 0.15) is 52.2 Å². The van der Waals surface area contributed by atoms with Crippen LogP contribution >= 0.6 is 0 Å². The Morgan fingerprint density at radius 3 is 2.60 bits per heavy atom. The zero-order chi connectivity index (χ0) is 22.4. The van der Waals surface area contributed by atoms with Crippen molar-refractivity contribution in [2.45, 2.75) is 46.5 Å². The summed E-state index contributed by atoms with van der Waals surface area (Å²) in [4.78, 5) is 26.9. The third-order valence-corrected chi connectivity index (χ3v) is 4.36. The summed E-state index contributed by atoms with van der Waals surface area (Å²) in [6.45, 7) is 10.1. The highest BCUT2D eigenvalue weighted by molar-refractivity contribution is 5.82. The van der Waals surface area contributed by atoms with Crippen LogP contribution in [-0.4, -0.2) is 28.6 Å². The van der Waals surface area contributed by atoms with Crippen LogP contribution in [0.5, 0.6) is 5.75 Å². The van der Waals surface area contributed by atoms with Gasteiger partial charge < -0.3 is 4.74 Å². The Labute approximate surface area is 176 Å². The van der Waals surface area contributed by atoms with E-state index >= 15 is 0 Å². The number of hydrazone groups is 1. The first kappa shape index (κ1) is 23.0. The molecule has 0 aliphatic carbocycles. The lowest BCUT2D eigenvalue weighted by Gasteiger charge is -2.33. The van der Waals surface area contributed by atoms with Crippen LogP contribution in [0.15, 0.2) is 47.8 Å². The first-order valence-electron chi connectivity index (χ1n) is 9.62. The van der Waals surface area contributed by atoms with Gasteiger partial charge in [0.05, 0.1) is 11.1 Å². The van der Waals surface area contributed by atoms with Crippen molar-refractivity contribution in [1.29, 1.82) is 0 Å². The Balaban J connectivity index is 2.06. The van der Waals surface area contributed by atoms with Gasteiger partial charge in [-0.25, -0.2) is 5.43 Å². The largest absolute Gasteiger partial charge is 0.477 e. The number of nitro groups is 1. The van der Waals surface area contributed by atoms with E-state index in [4.69, 9.17) is 4.74 Å². The van der Waals surface area contributed by atoms with Gasteiger partial charge in [-0.3, -0.25) is 19.9 Å². The van der Waals surface area contributed by atoms with E-state index in [9.17, 15) is 14.9 Å². The van der Waals surface area contributed by atoms with E-state index in [1.165, 1.54) is 12.3 Å². The predicted octanol–water partition coefficient (Wildman–Crippen LogP) is 4.23. The standard InChI is InChI=1S/C22H28N4O4/c1-21(2,3)15-22(4,5)17-8-9-19(18(11-17)26(28)29)30-14-20(27)25-24-13-16-7-6-10-23-12-16/h6-13H,14-15H2,1-5H3,(H,25,27)/b24-13+. The number of nitrogens with one attached hydrogen (secondary N) is 1. The molecule has 2 rings (SSSR count). The Morgan fingerprint density at radius 2 is 2.00 bits per heavy atom. The van der Waals surface area contributed by atoms with E-state index < -0.39 is 17.4 Å². The maximum absolute atomic E-state index is 11.9. The molecule has 0 aliphatic rings. The van der Waals surface area contributed by atoms with Crippen molar-refractivity contribution >= 4 is 17.8 Å². The lowest BCUT2D eigenvalue weighted by Crippen LogP contribution is -2.26. The fourth-order valence-electron chi connectivity index (χ4n) is 3.44. The SMILES string of the molecule is CC(C)(C)CC(C)(C)c1ccc(OCC(=O)N/N=C/c2cccnc2)c([N+](=O)[O-])c1. The van der Waals surface area contributed by atoms with E-state index in [-0.39, 0.29) is 22.3 Å². The summed E-state index contributed by atoms with van der Waals surface area (Å²) in [5.74, 6) is -0.483. The third kappa shape index (κ3) is 6.95. The van der Waals surface area contributed by atoms with E-state index in [1.807, 2.05) is 6.07 Å². The lowest BCUT2D eigenvalue weighted by atomic mass is 9.72. The molecule has 1 heterocycles. The fraction of sp³-hybridized carbons (Fsp3) is 0.409. The van der Waals surface area contributed by atoms with E-state index in [0.29, 0.717) is 0 Å². The monoisotopic (exact) mass is 412 g/mol. The number of nitro benzene ring substituents is 1. The number of carbonyl (C=O) groups excluding carboxylic acids is 1. The minimum atomic E-state index is -0.526. The Morgan fingerprint density at radius 1 is 1.27 bits per heavy atom. The highest BCUT2D eigenvalue weighted by atomic mass is 16.6. The molecule has 0 saturated heterocycles. The number of hydrogen-bond acceptors (Lipinski definition) is 6. The average Bonchev–Trinajstić information content (AvgIpc) is 2.65. The van der Waals surface area contributed by atoms with Gasteiger partial charge in [-0.1, -0.05) is 46.8 Å². The number of aromatic nitrogens is 1.